The zero-order valence-electron chi connectivity index (χ0n) is 11.9. The summed E-state index contributed by atoms with van der Waals surface area (Å²) in [5, 5.41) is 6.18. The highest BCUT2D eigenvalue weighted by atomic mass is 16.5. The Hall–Kier alpha value is -2.82. The van der Waals surface area contributed by atoms with E-state index in [-0.39, 0.29) is 11.9 Å². The van der Waals surface area contributed by atoms with Crippen molar-refractivity contribution in [3.8, 4) is 5.75 Å². The number of nitrogens with zero attached hydrogens (tertiary/aromatic N) is 1. The Labute approximate surface area is 128 Å². The highest BCUT2D eigenvalue weighted by Gasteiger charge is 2.27. The average Bonchev–Trinajstić information content (AvgIpc) is 2.97. The number of fused-ring (bicyclic) bond motifs is 2. The molecule has 22 heavy (non-hydrogen) atoms. The summed E-state index contributed by atoms with van der Waals surface area (Å²) < 4.78 is 5.61. The van der Waals surface area contributed by atoms with Crippen molar-refractivity contribution >= 4 is 11.5 Å². The first-order valence-electron chi connectivity index (χ1n) is 7.22. The number of nitrogens with one attached hydrogen (secondary N) is 2. The first-order valence-corrected chi connectivity index (χ1v) is 7.22. The lowest BCUT2D eigenvalue weighted by Gasteiger charge is -2.19. The second-order valence-electron chi connectivity index (χ2n) is 5.35. The summed E-state index contributed by atoms with van der Waals surface area (Å²) in [6, 6.07) is 9.59. The number of para-hydroxylation sites is 1. The zero-order chi connectivity index (χ0) is 14.9. The third-order valence-corrected chi connectivity index (χ3v) is 3.99. The summed E-state index contributed by atoms with van der Waals surface area (Å²) in [6.45, 7) is 1.18. The van der Waals surface area contributed by atoms with Crippen molar-refractivity contribution in [1.82, 2.24) is 15.6 Å². The predicted octanol–water partition coefficient (Wildman–Crippen LogP) is 1.78. The van der Waals surface area contributed by atoms with Gasteiger partial charge in [-0.05, 0) is 17.7 Å². The maximum atomic E-state index is 12.6. The SMILES string of the molecule is O=C(NC1COc2ccccc21)C1=CNCc2ccncc21. The van der Waals surface area contributed by atoms with Gasteiger partial charge in [-0.25, -0.2) is 0 Å². The Morgan fingerprint density at radius 1 is 1.32 bits per heavy atom. The molecule has 3 heterocycles. The Kier molecular flexibility index (Phi) is 3.04. The van der Waals surface area contributed by atoms with Crippen LogP contribution in [0.3, 0.4) is 0 Å². The largest absolute Gasteiger partial charge is 0.491 e. The van der Waals surface area contributed by atoms with Gasteiger partial charge < -0.3 is 15.4 Å². The van der Waals surface area contributed by atoms with Crippen LogP contribution in [0.4, 0.5) is 0 Å². The Bertz CT molecular complexity index is 770. The summed E-state index contributed by atoms with van der Waals surface area (Å²) in [5.41, 5.74) is 3.59. The van der Waals surface area contributed by atoms with Crippen molar-refractivity contribution in [3.05, 3.63) is 65.6 Å². The molecule has 5 nitrogen and oxygen atoms in total. The predicted molar refractivity (Wildman–Crippen MR) is 81.9 cm³/mol. The van der Waals surface area contributed by atoms with Crippen LogP contribution in [0, 0.1) is 0 Å². The van der Waals surface area contributed by atoms with E-state index in [1.165, 1.54) is 0 Å². The van der Waals surface area contributed by atoms with Gasteiger partial charge in [0, 0.05) is 36.3 Å². The number of aromatic nitrogens is 1. The van der Waals surface area contributed by atoms with Gasteiger partial charge in [0.2, 0.25) is 0 Å². The lowest BCUT2D eigenvalue weighted by atomic mass is 9.99. The number of rotatable bonds is 2. The number of carbonyl (C=O) groups is 1. The van der Waals surface area contributed by atoms with E-state index in [1.54, 1.807) is 18.6 Å². The summed E-state index contributed by atoms with van der Waals surface area (Å²) in [5.74, 6) is 0.720. The molecule has 110 valence electrons. The van der Waals surface area contributed by atoms with Crippen LogP contribution in [0.2, 0.25) is 0 Å². The number of pyridine rings is 1. The van der Waals surface area contributed by atoms with Crippen LogP contribution in [0.25, 0.3) is 5.57 Å². The molecular formula is C17H15N3O2. The second kappa shape index (κ2) is 5.18. The van der Waals surface area contributed by atoms with Gasteiger partial charge in [0.25, 0.3) is 5.91 Å². The monoisotopic (exact) mass is 293 g/mol. The Morgan fingerprint density at radius 2 is 2.23 bits per heavy atom. The molecule has 1 aromatic heterocycles. The molecule has 1 unspecified atom stereocenters. The molecule has 2 aromatic rings. The standard InChI is InChI=1S/C17H15N3O2/c21-17(14-9-19-7-11-5-6-18-8-13(11)14)20-15-10-22-16-4-2-1-3-12(15)16/h1-6,8-9,15,19H,7,10H2,(H,20,21). The minimum absolute atomic E-state index is 0.119. The molecule has 0 bridgehead atoms. The third-order valence-electron chi connectivity index (χ3n) is 3.99. The Balaban J connectivity index is 1.58. The minimum atomic E-state index is -0.119. The molecule has 0 saturated heterocycles. The number of hydrogen-bond acceptors (Lipinski definition) is 4. The fourth-order valence-electron chi connectivity index (χ4n) is 2.87. The van der Waals surface area contributed by atoms with Crippen LogP contribution >= 0.6 is 0 Å². The van der Waals surface area contributed by atoms with Gasteiger partial charge in [-0.3, -0.25) is 9.78 Å². The van der Waals surface area contributed by atoms with E-state index in [9.17, 15) is 4.79 Å². The van der Waals surface area contributed by atoms with Crippen LogP contribution < -0.4 is 15.4 Å². The second-order valence-corrected chi connectivity index (χ2v) is 5.35. The molecule has 1 amide bonds. The quantitative estimate of drug-likeness (QED) is 0.886. The summed E-state index contributed by atoms with van der Waals surface area (Å²) in [6.07, 6.45) is 5.23. The summed E-state index contributed by atoms with van der Waals surface area (Å²) in [7, 11) is 0. The van der Waals surface area contributed by atoms with E-state index >= 15 is 0 Å². The Morgan fingerprint density at radius 3 is 3.18 bits per heavy atom. The van der Waals surface area contributed by atoms with Gasteiger partial charge >= 0.3 is 0 Å². The first kappa shape index (κ1) is 12.9. The molecule has 0 aliphatic carbocycles. The molecule has 2 aliphatic rings. The van der Waals surface area contributed by atoms with Crippen molar-refractivity contribution in [1.29, 1.82) is 0 Å². The van der Waals surface area contributed by atoms with E-state index in [2.05, 4.69) is 15.6 Å². The molecule has 0 spiro atoms. The van der Waals surface area contributed by atoms with Crippen molar-refractivity contribution < 1.29 is 9.53 Å². The van der Waals surface area contributed by atoms with Crippen LogP contribution in [-0.2, 0) is 11.3 Å². The van der Waals surface area contributed by atoms with Crippen LogP contribution in [0.1, 0.15) is 22.7 Å². The molecule has 4 rings (SSSR count). The number of amides is 1. The molecule has 5 heteroatoms. The summed E-state index contributed by atoms with van der Waals surface area (Å²) in [4.78, 5) is 16.7. The molecule has 0 saturated carbocycles. The molecule has 2 N–H and O–H groups in total. The average molecular weight is 293 g/mol. The number of ether oxygens (including phenoxy) is 1. The van der Waals surface area contributed by atoms with Crippen LogP contribution in [-0.4, -0.2) is 17.5 Å². The lowest BCUT2D eigenvalue weighted by Crippen LogP contribution is -2.32. The maximum absolute atomic E-state index is 12.6. The summed E-state index contributed by atoms with van der Waals surface area (Å²) >= 11 is 0. The van der Waals surface area contributed by atoms with E-state index in [0.717, 1.165) is 22.4 Å². The van der Waals surface area contributed by atoms with Crippen LogP contribution in [0.15, 0.2) is 48.9 Å². The normalized spacial score (nSPS) is 18.4. The number of carbonyl (C=O) groups excluding carboxylic acids is 1. The molecule has 2 aliphatic heterocycles. The highest BCUT2D eigenvalue weighted by molar-refractivity contribution is 6.20. The van der Waals surface area contributed by atoms with Crippen molar-refractivity contribution in [2.24, 2.45) is 0 Å². The molecular weight excluding hydrogens is 278 g/mol. The van der Waals surface area contributed by atoms with E-state index in [4.69, 9.17) is 4.74 Å². The number of hydrogen-bond donors (Lipinski definition) is 2. The molecule has 1 atom stereocenters. The van der Waals surface area contributed by atoms with Gasteiger partial charge in [0.1, 0.15) is 12.4 Å². The molecule has 1 aromatic carbocycles. The van der Waals surface area contributed by atoms with E-state index < -0.39 is 0 Å². The topological polar surface area (TPSA) is 63.2 Å². The van der Waals surface area contributed by atoms with Gasteiger partial charge in [-0.2, -0.15) is 0 Å². The van der Waals surface area contributed by atoms with E-state index in [0.29, 0.717) is 18.7 Å². The smallest absolute Gasteiger partial charge is 0.254 e. The van der Waals surface area contributed by atoms with Gasteiger partial charge in [-0.1, -0.05) is 18.2 Å². The zero-order valence-corrected chi connectivity index (χ0v) is 11.9. The number of benzene rings is 1. The van der Waals surface area contributed by atoms with Gasteiger partial charge in [0.05, 0.1) is 11.6 Å². The van der Waals surface area contributed by atoms with Crippen molar-refractivity contribution in [2.45, 2.75) is 12.6 Å². The highest BCUT2D eigenvalue weighted by Crippen LogP contribution is 2.32. The van der Waals surface area contributed by atoms with Crippen LogP contribution in [0.5, 0.6) is 5.75 Å². The molecule has 0 fully saturated rings. The third kappa shape index (κ3) is 2.11. The minimum Gasteiger partial charge on any atom is -0.491 e. The van der Waals surface area contributed by atoms with Gasteiger partial charge in [-0.15, -0.1) is 0 Å². The van der Waals surface area contributed by atoms with E-state index in [1.807, 2.05) is 30.3 Å². The van der Waals surface area contributed by atoms with Gasteiger partial charge in [0.15, 0.2) is 0 Å². The fourth-order valence-corrected chi connectivity index (χ4v) is 2.87. The fraction of sp³-hybridized carbons (Fsp3) is 0.176. The lowest BCUT2D eigenvalue weighted by molar-refractivity contribution is -0.116. The maximum Gasteiger partial charge on any atom is 0.254 e. The van der Waals surface area contributed by atoms with Crippen molar-refractivity contribution in [2.75, 3.05) is 6.61 Å². The molecule has 0 radical (unpaired) electrons. The first-order chi connectivity index (χ1) is 10.8. The van der Waals surface area contributed by atoms with Crippen molar-refractivity contribution in [3.63, 3.8) is 0 Å².